The Kier molecular flexibility index (Phi) is 6.20. The summed E-state index contributed by atoms with van der Waals surface area (Å²) in [7, 11) is 0. The summed E-state index contributed by atoms with van der Waals surface area (Å²) < 4.78 is 0. The van der Waals surface area contributed by atoms with Crippen LogP contribution in [0.3, 0.4) is 0 Å². The van der Waals surface area contributed by atoms with Gasteiger partial charge < -0.3 is 10.2 Å². The first kappa shape index (κ1) is 20.0. The lowest BCUT2D eigenvalue weighted by molar-refractivity contribution is 0.0945. The second kappa shape index (κ2) is 9.00. The summed E-state index contributed by atoms with van der Waals surface area (Å²) in [6.07, 6.45) is 7.94. The van der Waals surface area contributed by atoms with Gasteiger partial charge in [0.1, 0.15) is 5.82 Å². The molecule has 1 aromatic carbocycles. The van der Waals surface area contributed by atoms with E-state index in [9.17, 15) is 4.79 Å². The Morgan fingerprint density at radius 1 is 1.14 bits per heavy atom. The summed E-state index contributed by atoms with van der Waals surface area (Å²) in [4.78, 5) is 19.9. The number of hydrogen-bond acceptors (Lipinski definition) is 4. The molecule has 1 saturated heterocycles. The molecule has 4 rings (SSSR count). The smallest absolute Gasteiger partial charge is 0.253 e. The van der Waals surface area contributed by atoms with Crippen LogP contribution in [0.5, 0.6) is 0 Å². The number of fused-ring (bicyclic) bond motifs is 1. The van der Waals surface area contributed by atoms with Crippen LogP contribution in [-0.4, -0.2) is 30.5 Å². The highest BCUT2D eigenvalue weighted by Crippen LogP contribution is 2.29. The van der Waals surface area contributed by atoms with Crippen molar-refractivity contribution in [3.05, 3.63) is 34.9 Å². The van der Waals surface area contributed by atoms with Crippen LogP contribution >= 0.6 is 11.6 Å². The fourth-order valence-electron chi connectivity index (χ4n) is 4.53. The molecule has 0 bridgehead atoms. The van der Waals surface area contributed by atoms with E-state index in [-0.39, 0.29) is 11.8 Å². The fourth-order valence-corrected chi connectivity index (χ4v) is 4.78. The van der Waals surface area contributed by atoms with Gasteiger partial charge in [-0.05, 0) is 55.9 Å². The number of carbonyl (C=O) groups excluding carboxylic acids is 1. The van der Waals surface area contributed by atoms with E-state index in [4.69, 9.17) is 21.8 Å². The highest BCUT2D eigenvalue weighted by atomic mass is 35.5. The van der Waals surface area contributed by atoms with Crippen LogP contribution in [0.2, 0.25) is 5.02 Å². The minimum Gasteiger partial charge on any atom is -0.357 e. The van der Waals surface area contributed by atoms with Gasteiger partial charge in [0.2, 0.25) is 0 Å². The molecule has 0 radical (unpaired) electrons. The van der Waals surface area contributed by atoms with E-state index in [1.165, 1.54) is 32.1 Å². The number of benzene rings is 1. The van der Waals surface area contributed by atoms with Gasteiger partial charge in [0.15, 0.2) is 0 Å². The van der Waals surface area contributed by atoms with Gasteiger partial charge in [0, 0.05) is 30.9 Å². The van der Waals surface area contributed by atoms with Crippen LogP contribution < -0.4 is 10.2 Å². The Morgan fingerprint density at radius 3 is 2.62 bits per heavy atom. The zero-order valence-corrected chi connectivity index (χ0v) is 17.4. The predicted octanol–water partition coefficient (Wildman–Crippen LogP) is 4.94. The molecule has 0 unspecified atom stereocenters. The molecule has 2 aromatic rings. The Balaban J connectivity index is 1.52. The zero-order chi connectivity index (χ0) is 20.2. The molecule has 5 nitrogen and oxygen atoms in total. The van der Waals surface area contributed by atoms with Crippen LogP contribution in [0.25, 0.3) is 10.9 Å². The maximum Gasteiger partial charge on any atom is 0.253 e. The molecule has 1 N–H and O–H groups in total. The molecule has 29 heavy (non-hydrogen) atoms. The van der Waals surface area contributed by atoms with Gasteiger partial charge in [-0.3, -0.25) is 4.79 Å². The standard InChI is InChI=1S/C23H27ClN4O/c24-19-7-8-20-18(22(19)23(29)26-15-17-4-2-1-3-5-17)6-9-21(27-20)28-12-10-16(14-25)11-13-28/h6-9,16-17H,1-5,10-13,15H2,(H,26,29). The van der Waals surface area contributed by atoms with E-state index < -0.39 is 0 Å². The highest BCUT2D eigenvalue weighted by molar-refractivity contribution is 6.35. The molecule has 0 atom stereocenters. The molecule has 2 aliphatic rings. The Bertz CT molecular complexity index is 924. The Hall–Kier alpha value is -2.32. The molecule has 2 fully saturated rings. The van der Waals surface area contributed by atoms with Crippen molar-refractivity contribution in [3.63, 3.8) is 0 Å². The number of nitrogens with one attached hydrogen (secondary N) is 1. The topological polar surface area (TPSA) is 69.0 Å². The quantitative estimate of drug-likeness (QED) is 0.775. The van der Waals surface area contributed by atoms with Gasteiger partial charge in [-0.15, -0.1) is 0 Å². The average Bonchev–Trinajstić information content (AvgIpc) is 2.78. The van der Waals surface area contributed by atoms with E-state index >= 15 is 0 Å². The minimum atomic E-state index is -0.115. The van der Waals surface area contributed by atoms with Gasteiger partial charge in [-0.2, -0.15) is 5.26 Å². The van der Waals surface area contributed by atoms with E-state index in [1.54, 1.807) is 6.07 Å². The highest BCUT2D eigenvalue weighted by Gasteiger charge is 2.22. The van der Waals surface area contributed by atoms with E-state index in [2.05, 4.69) is 16.3 Å². The number of carbonyl (C=O) groups is 1. The van der Waals surface area contributed by atoms with Crippen molar-refractivity contribution in [2.75, 3.05) is 24.5 Å². The monoisotopic (exact) mass is 410 g/mol. The van der Waals surface area contributed by atoms with Crippen LogP contribution in [0.15, 0.2) is 24.3 Å². The van der Waals surface area contributed by atoms with E-state index in [0.717, 1.165) is 42.7 Å². The molecule has 152 valence electrons. The second-order valence-corrected chi connectivity index (χ2v) is 8.67. The SMILES string of the molecule is N#CC1CCN(c2ccc3c(C(=O)NCC4CCCCC4)c(Cl)ccc3n2)CC1. The lowest BCUT2D eigenvalue weighted by atomic mass is 9.89. The summed E-state index contributed by atoms with van der Waals surface area (Å²) in [6, 6.07) is 9.91. The molecule has 0 spiro atoms. The third-order valence-corrected chi connectivity index (χ3v) is 6.63. The van der Waals surface area contributed by atoms with Gasteiger partial charge >= 0.3 is 0 Å². The van der Waals surface area contributed by atoms with Crippen molar-refractivity contribution in [2.45, 2.75) is 44.9 Å². The van der Waals surface area contributed by atoms with E-state index in [1.807, 2.05) is 18.2 Å². The molecule has 1 aromatic heterocycles. The largest absolute Gasteiger partial charge is 0.357 e. The predicted molar refractivity (Wildman–Crippen MR) is 116 cm³/mol. The second-order valence-electron chi connectivity index (χ2n) is 8.26. The first-order valence-corrected chi connectivity index (χ1v) is 11.1. The lowest BCUT2D eigenvalue weighted by Crippen LogP contribution is -2.33. The number of piperidine rings is 1. The van der Waals surface area contributed by atoms with Crippen molar-refractivity contribution < 1.29 is 4.79 Å². The molecular weight excluding hydrogens is 384 g/mol. The number of nitrogens with zero attached hydrogens (tertiary/aromatic N) is 3. The third-order valence-electron chi connectivity index (χ3n) is 6.31. The van der Waals surface area contributed by atoms with Crippen LogP contribution in [-0.2, 0) is 0 Å². The molecule has 2 heterocycles. The number of amides is 1. The summed E-state index contributed by atoms with van der Waals surface area (Å²) in [5.41, 5.74) is 1.29. The average molecular weight is 411 g/mol. The number of pyridine rings is 1. The molecule has 1 aliphatic carbocycles. The maximum absolute atomic E-state index is 12.9. The summed E-state index contributed by atoms with van der Waals surface area (Å²) in [5.74, 6) is 1.49. The number of aromatic nitrogens is 1. The number of rotatable bonds is 4. The number of hydrogen-bond donors (Lipinski definition) is 1. The van der Waals surface area contributed by atoms with Gasteiger partial charge in [0.05, 0.1) is 22.2 Å². The summed E-state index contributed by atoms with van der Waals surface area (Å²) >= 11 is 6.41. The molecule has 1 amide bonds. The number of nitriles is 1. The number of anilines is 1. The molecule has 1 saturated carbocycles. The van der Waals surface area contributed by atoms with Gasteiger partial charge in [0.25, 0.3) is 5.91 Å². The Labute approximate surface area is 177 Å². The van der Waals surface area contributed by atoms with Crippen LogP contribution in [0.4, 0.5) is 5.82 Å². The zero-order valence-electron chi connectivity index (χ0n) is 16.7. The van der Waals surface area contributed by atoms with Crippen molar-refractivity contribution in [2.24, 2.45) is 11.8 Å². The van der Waals surface area contributed by atoms with Gasteiger partial charge in [-0.25, -0.2) is 4.98 Å². The van der Waals surface area contributed by atoms with Gasteiger partial charge in [-0.1, -0.05) is 30.9 Å². The Morgan fingerprint density at radius 2 is 1.90 bits per heavy atom. The molecular formula is C23H27ClN4O. The fraction of sp³-hybridized carbons (Fsp3) is 0.522. The van der Waals surface area contributed by atoms with Crippen molar-refractivity contribution in [1.82, 2.24) is 10.3 Å². The normalized spacial score (nSPS) is 18.6. The van der Waals surface area contributed by atoms with Crippen LogP contribution in [0, 0.1) is 23.2 Å². The van der Waals surface area contributed by atoms with Crippen molar-refractivity contribution in [3.8, 4) is 6.07 Å². The molecule has 1 aliphatic heterocycles. The van der Waals surface area contributed by atoms with Crippen LogP contribution in [0.1, 0.15) is 55.3 Å². The van der Waals surface area contributed by atoms with Crippen molar-refractivity contribution >= 4 is 34.2 Å². The van der Waals surface area contributed by atoms with E-state index in [0.29, 0.717) is 23.0 Å². The first-order chi connectivity index (χ1) is 14.2. The summed E-state index contributed by atoms with van der Waals surface area (Å²) in [6.45, 7) is 2.38. The first-order valence-electron chi connectivity index (χ1n) is 10.7. The lowest BCUT2D eigenvalue weighted by Gasteiger charge is -2.30. The molecule has 6 heteroatoms. The minimum absolute atomic E-state index is 0.115. The number of halogens is 1. The third kappa shape index (κ3) is 4.48. The summed E-state index contributed by atoms with van der Waals surface area (Å²) in [5, 5.41) is 13.4. The van der Waals surface area contributed by atoms with Crippen molar-refractivity contribution in [1.29, 1.82) is 5.26 Å². The maximum atomic E-state index is 12.9.